The fourth-order valence-electron chi connectivity index (χ4n) is 0.745. The predicted octanol–water partition coefficient (Wildman–Crippen LogP) is 2.62. The summed E-state index contributed by atoms with van der Waals surface area (Å²) in [5.74, 6) is 0.820. The quantitative estimate of drug-likeness (QED) is 0.596. The molecule has 0 aliphatic carbocycles. The summed E-state index contributed by atoms with van der Waals surface area (Å²) in [5.41, 5.74) is 0. The van der Waals surface area contributed by atoms with Crippen LogP contribution in [-0.4, -0.2) is 12.6 Å². The molecule has 0 spiro atoms. The van der Waals surface area contributed by atoms with E-state index in [2.05, 4.69) is 13.8 Å². The molecular formula is C10H20O2. The Bertz CT molecular complexity index is 130. The molecule has 0 saturated carbocycles. The molecule has 0 aromatic carbocycles. The van der Waals surface area contributed by atoms with E-state index in [-0.39, 0.29) is 5.97 Å². The summed E-state index contributed by atoms with van der Waals surface area (Å²) < 4.78 is 5.07. The lowest BCUT2D eigenvalue weighted by Gasteiger charge is -2.10. The van der Waals surface area contributed by atoms with E-state index in [9.17, 15) is 4.79 Å². The zero-order valence-electron chi connectivity index (χ0n) is 8.59. The van der Waals surface area contributed by atoms with Gasteiger partial charge >= 0.3 is 5.97 Å². The Morgan fingerprint density at radius 2 is 1.92 bits per heavy atom. The fraction of sp³-hybridized carbons (Fsp3) is 0.900. The Hall–Kier alpha value is -0.530. The molecule has 0 aromatic heterocycles. The summed E-state index contributed by atoms with van der Waals surface area (Å²) >= 11 is 0. The molecule has 0 heterocycles. The van der Waals surface area contributed by atoms with Gasteiger partial charge in [0.2, 0.25) is 0 Å². The zero-order chi connectivity index (χ0) is 9.56. The van der Waals surface area contributed by atoms with Gasteiger partial charge in [-0.2, -0.15) is 0 Å². The van der Waals surface area contributed by atoms with Crippen LogP contribution in [0.3, 0.4) is 0 Å². The van der Waals surface area contributed by atoms with Crippen molar-refractivity contribution >= 4 is 5.97 Å². The smallest absolute Gasteiger partial charge is 0.306 e. The van der Waals surface area contributed by atoms with Crippen LogP contribution in [0.2, 0.25) is 0 Å². The lowest BCUT2D eigenvalue weighted by atomic mass is 10.1. The molecule has 72 valence electrons. The molecule has 1 atom stereocenters. The average Bonchev–Trinajstić information content (AvgIpc) is 1.99. The first-order valence-electron chi connectivity index (χ1n) is 4.71. The maximum absolute atomic E-state index is 11.1. The highest BCUT2D eigenvalue weighted by Gasteiger charge is 2.07. The van der Waals surface area contributed by atoms with Crippen molar-refractivity contribution in [3.63, 3.8) is 0 Å². The Balaban J connectivity index is 3.44. The minimum absolute atomic E-state index is 0.0645. The van der Waals surface area contributed by atoms with Crippen molar-refractivity contribution < 1.29 is 9.53 Å². The van der Waals surface area contributed by atoms with Crippen molar-refractivity contribution in [1.82, 2.24) is 0 Å². The van der Waals surface area contributed by atoms with E-state index in [0.29, 0.717) is 24.9 Å². The van der Waals surface area contributed by atoms with Gasteiger partial charge in [-0.05, 0) is 11.8 Å². The number of ether oxygens (including phenoxy) is 1. The van der Waals surface area contributed by atoms with Gasteiger partial charge in [0.05, 0.1) is 6.61 Å². The van der Waals surface area contributed by atoms with E-state index in [1.165, 1.54) is 0 Å². The van der Waals surface area contributed by atoms with Gasteiger partial charge in [0.15, 0.2) is 0 Å². The van der Waals surface area contributed by atoms with Crippen LogP contribution in [0.25, 0.3) is 0 Å². The van der Waals surface area contributed by atoms with E-state index in [1.54, 1.807) is 0 Å². The molecule has 0 N–H and O–H groups in total. The third kappa shape index (κ3) is 6.20. The number of hydrogen-bond donors (Lipinski definition) is 0. The molecule has 0 radical (unpaired) electrons. The van der Waals surface area contributed by atoms with Gasteiger partial charge in [0.1, 0.15) is 0 Å². The maximum Gasteiger partial charge on any atom is 0.306 e. The third-order valence-electron chi connectivity index (χ3n) is 1.80. The van der Waals surface area contributed by atoms with Crippen molar-refractivity contribution in [1.29, 1.82) is 0 Å². The highest BCUT2D eigenvalue weighted by Crippen LogP contribution is 2.05. The molecule has 2 heteroatoms. The Kier molecular flexibility index (Phi) is 5.77. The second-order valence-corrected chi connectivity index (χ2v) is 3.79. The van der Waals surface area contributed by atoms with Crippen LogP contribution in [0.5, 0.6) is 0 Å². The Morgan fingerprint density at radius 3 is 2.33 bits per heavy atom. The van der Waals surface area contributed by atoms with Gasteiger partial charge in [-0.1, -0.05) is 34.1 Å². The topological polar surface area (TPSA) is 26.3 Å². The number of esters is 1. The summed E-state index contributed by atoms with van der Waals surface area (Å²) in [7, 11) is 0. The van der Waals surface area contributed by atoms with Crippen LogP contribution < -0.4 is 0 Å². The van der Waals surface area contributed by atoms with Gasteiger partial charge in [0.25, 0.3) is 0 Å². The molecule has 0 aromatic rings. The first-order chi connectivity index (χ1) is 5.56. The standard InChI is InChI=1S/C10H20O2/c1-5-9(4)7-12-10(11)6-8(2)3/h8-9H,5-7H2,1-4H3. The first kappa shape index (κ1) is 11.5. The van der Waals surface area contributed by atoms with Crippen LogP contribution in [0.4, 0.5) is 0 Å². The van der Waals surface area contributed by atoms with Crippen LogP contribution in [0.1, 0.15) is 40.5 Å². The molecule has 0 rings (SSSR count). The second-order valence-electron chi connectivity index (χ2n) is 3.79. The monoisotopic (exact) mass is 172 g/mol. The van der Waals surface area contributed by atoms with Gasteiger partial charge in [-0.3, -0.25) is 4.79 Å². The summed E-state index contributed by atoms with van der Waals surface area (Å²) in [4.78, 5) is 11.1. The Labute approximate surface area is 75.3 Å². The molecule has 1 unspecified atom stereocenters. The van der Waals surface area contributed by atoms with Crippen LogP contribution in [-0.2, 0) is 9.53 Å². The lowest BCUT2D eigenvalue weighted by Crippen LogP contribution is -2.12. The first-order valence-corrected chi connectivity index (χ1v) is 4.71. The van der Waals surface area contributed by atoms with Gasteiger partial charge in [-0.15, -0.1) is 0 Å². The van der Waals surface area contributed by atoms with E-state index < -0.39 is 0 Å². The fourth-order valence-corrected chi connectivity index (χ4v) is 0.745. The van der Waals surface area contributed by atoms with Gasteiger partial charge in [-0.25, -0.2) is 0 Å². The number of carbonyl (C=O) groups excluding carboxylic acids is 1. The summed E-state index contributed by atoms with van der Waals surface area (Å²) in [6, 6.07) is 0. The molecule has 2 nitrogen and oxygen atoms in total. The van der Waals surface area contributed by atoms with Crippen LogP contribution in [0, 0.1) is 11.8 Å². The molecule has 0 aliphatic rings. The van der Waals surface area contributed by atoms with E-state index in [0.717, 1.165) is 6.42 Å². The molecule has 0 fully saturated rings. The molecule has 0 amide bonds. The van der Waals surface area contributed by atoms with Crippen molar-refractivity contribution in [3.05, 3.63) is 0 Å². The van der Waals surface area contributed by atoms with Crippen LogP contribution >= 0.6 is 0 Å². The minimum atomic E-state index is -0.0645. The van der Waals surface area contributed by atoms with E-state index in [1.807, 2.05) is 13.8 Å². The normalized spacial score (nSPS) is 13.1. The second kappa shape index (κ2) is 6.04. The van der Waals surface area contributed by atoms with Crippen molar-refractivity contribution in [2.45, 2.75) is 40.5 Å². The summed E-state index contributed by atoms with van der Waals surface area (Å²) in [6.45, 7) is 8.79. The highest BCUT2D eigenvalue weighted by atomic mass is 16.5. The molecule has 0 saturated heterocycles. The van der Waals surface area contributed by atoms with Crippen molar-refractivity contribution in [3.8, 4) is 0 Å². The summed E-state index contributed by atoms with van der Waals surface area (Å²) in [6.07, 6.45) is 1.60. The lowest BCUT2D eigenvalue weighted by molar-refractivity contribution is -0.145. The summed E-state index contributed by atoms with van der Waals surface area (Å²) in [5, 5.41) is 0. The van der Waals surface area contributed by atoms with Gasteiger partial charge in [0, 0.05) is 6.42 Å². The Morgan fingerprint density at radius 1 is 1.33 bits per heavy atom. The van der Waals surface area contributed by atoms with Crippen molar-refractivity contribution in [2.75, 3.05) is 6.61 Å². The average molecular weight is 172 g/mol. The third-order valence-corrected chi connectivity index (χ3v) is 1.80. The van der Waals surface area contributed by atoms with E-state index in [4.69, 9.17) is 4.74 Å². The zero-order valence-corrected chi connectivity index (χ0v) is 8.59. The SMILES string of the molecule is CCC(C)COC(=O)CC(C)C. The maximum atomic E-state index is 11.1. The minimum Gasteiger partial charge on any atom is -0.465 e. The molecular weight excluding hydrogens is 152 g/mol. The highest BCUT2D eigenvalue weighted by molar-refractivity contribution is 5.69. The number of hydrogen-bond acceptors (Lipinski definition) is 2. The van der Waals surface area contributed by atoms with Gasteiger partial charge < -0.3 is 4.74 Å². The molecule has 0 aliphatic heterocycles. The van der Waals surface area contributed by atoms with E-state index >= 15 is 0 Å². The number of carbonyl (C=O) groups is 1. The van der Waals surface area contributed by atoms with Crippen molar-refractivity contribution in [2.24, 2.45) is 11.8 Å². The molecule has 0 bridgehead atoms. The largest absolute Gasteiger partial charge is 0.465 e. The predicted molar refractivity (Wildman–Crippen MR) is 49.9 cm³/mol. The van der Waals surface area contributed by atoms with Crippen LogP contribution in [0.15, 0.2) is 0 Å². The molecule has 12 heavy (non-hydrogen) atoms. The number of rotatable bonds is 5.